The van der Waals surface area contributed by atoms with Crippen molar-refractivity contribution in [3.8, 4) is 11.5 Å². The predicted octanol–water partition coefficient (Wildman–Crippen LogP) is 2.97. The fourth-order valence-electron chi connectivity index (χ4n) is 4.05. The van der Waals surface area contributed by atoms with Crippen molar-refractivity contribution in [1.82, 2.24) is 25.1 Å². The molecule has 0 radical (unpaired) electrons. The van der Waals surface area contributed by atoms with Crippen LogP contribution in [-0.2, 0) is 4.74 Å². The van der Waals surface area contributed by atoms with E-state index in [1.54, 1.807) is 13.2 Å². The van der Waals surface area contributed by atoms with Gasteiger partial charge >= 0.3 is 0 Å². The van der Waals surface area contributed by atoms with Crippen LogP contribution in [0.2, 0.25) is 0 Å². The summed E-state index contributed by atoms with van der Waals surface area (Å²) in [5.74, 6) is 0.927. The SMILES string of the molecule is COCCN1CCN(c2ccc(C(=O)Nc3cc(-c4nc5ccccc5[nH]4)[nH]n3)cc2)CC1. The van der Waals surface area contributed by atoms with E-state index >= 15 is 0 Å². The number of rotatable bonds is 7. The second-order valence-electron chi connectivity index (χ2n) is 8.09. The highest BCUT2D eigenvalue weighted by atomic mass is 16.5. The molecule has 1 aliphatic heterocycles. The maximum atomic E-state index is 12.7. The fraction of sp³-hybridized carbons (Fsp3) is 0.292. The van der Waals surface area contributed by atoms with E-state index in [0.717, 1.165) is 56.1 Å². The van der Waals surface area contributed by atoms with Gasteiger partial charge in [-0.25, -0.2) is 4.98 Å². The number of fused-ring (bicyclic) bond motifs is 1. The number of nitrogens with zero attached hydrogens (tertiary/aromatic N) is 4. The molecule has 1 saturated heterocycles. The van der Waals surface area contributed by atoms with Gasteiger partial charge in [0.25, 0.3) is 5.91 Å². The van der Waals surface area contributed by atoms with Gasteiger partial charge in [-0.15, -0.1) is 0 Å². The number of hydrogen-bond acceptors (Lipinski definition) is 6. The van der Waals surface area contributed by atoms with Gasteiger partial charge in [-0.05, 0) is 36.4 Å². The maximum absolute atomic E-state index is 12.7. The van der Waals surface area contributed by atoms with Crippen molar-refractivity contribution in [2.24, 2.45) is 0 Å². The summed E-state index contributed by atoms with van der Waals surface area (Å²) in [5, 5.41) is 9.99. The first kappa shape index (κ1) is 21.2. The van der Waals surface area contributed by atoms with Crippen LogP contribution < -0.4 is 10.2 Å². The highest BCUT2D eigenvalue weighted by Gasteiger charge is 2.17. The number of ether oxygens (including phenoxy) is 1. The topological polar surface area (TPSA) is 102 Å². The van der Waals surface area contributed by atoms with Gasteiger partial charge < -0.3 is 19.9 Å². The molecule has 0 unspecified atom stereocenters. The van der Waals surface area contributed by atoms with Gasteiger partial charge in [-0.1, -0.05) is 12.1 Å². The van der Waals surface area contributed by atoms with Crippen molar-refractivity contribution in [3.05, 3.63) is 60.2 Å². The van der Waals surface area contributed by atoms with Crippen LogP contribution >= 0.6 is 0 Å². The lowest BCUT2D eigenvalue weighted by atomic mass is 10.1. The number of H-pyrrole nitrogens is 2. The number of hydrogen-bond donors (Lipinski definition) is 3. The molecule has 1 amide bonds. The minimum absolute atomic E-state index is 0.200. The zero-order valence-electron chi connectivity index (χ0n) is 18.5. The van der Waals surface area contributed by atoms with Gasteiger partial charge in [-0.3, -0.25) is 14.8 Å². The molecule has 33 heavy (non-hydrogen) atoms. The summed E-state index contributed by atoms with van der Waals surface area (Å²) in [4.78, 5) is 25.3. The molecule has 3 heterocycles. The summed E-state index contributed by atoms with van der Waals surface area (Å²) in [7, 11) is 1.74. The van der Waals surface area contributed by atoms with Crippen LogP contribution in [0.1, 0.15) is 10.4 Å². The average molecular weight is 446 g/mol. The Morgan fingerprint density at radius 3 is 2.64 bits per heavy atom. The molecule has 0 bridgehead atoms. The molecule has 2 aromatic heterocycles. The van der Waals surface area contributed by atoms with Crippen LogP contribution in [0.4, 0.5) is 11.5 Å². The number of anilines is 2. The number of imidazole rings is 1. The normalized spacial score (nSPS) is 14.6. The van der Waals surface area contributed by atoms with Crippen molar-refractivity contribution in [1.29, 1.82) is 0 Å². The van der Waals surface area contributed by atoms with Crippen molar-refractivity contribution < 1.29 is 9.53 Å². The van der Waals surface area contributed by atoms with Crippen LogP contribution in [-0.4, -0.2) is 77.4 Å². The van der Waals surface area contributed by atoms with Crippen molar-refractivity contribution >= 4 is 28.4 Å². The van der Waals surface area contributed by atoms with Gasteiger partial charge in [0.2, 0.25) is 0 Å². The molecule has 4 aromatic rings. The Kier molecular flexibility index (Phi) is 6.05. The molecule has 0 aliphatic carbocycles. The highest BCUT2D eigenvalue weighted by Crippen LogP contribution is 2.22. The number of aromatic nitrogens is 4. The smallest absolute Gasteiger partial charge is 0.256 e. The Morgan fingerprint density at radius 2 is 1.88 bits per heavy atom. The Hall–Kier alpha value is -3.69. The maximum Gasteiger partial charge on any atom is 0.256 e. The predicted molar refractivity (Wildman–Crippen MR) is 129 cm³/mol. The molecule has 9 nitrogen and oxygen atoms in total. The Balaban J connectivity index is 1.19. The van der Waals surface area contributed by atoms with E-state index in [9.17, 15) is 4.79 Å². The third-order valence-electron chi connectivity index (χ3n) is 5.94. The molecule has 170 valence electrons. The lowest BCUT2D eigenvalue weighted by molar-refractivity contribution is 0.102. The number of piperazine rings is 1. The second-order valence-corrected chi connectivity index (χ2v) is 8.09. The van der Waals surface area contributed by atoms with Gasteiger partial charge in [0.05, 0.1) is 17.6 Å². The zero-order chi connectivity index (χ0) is 22.6. The largest absolute Gasteiger partial charge is 0.383 e. The van der Waals surface area contributed by atoms with E-state index in [4.69, 9.17) is 4.74 Å². The van der Waals surface area contributed by atoms with E-state index in [2.05, 4.69) is 35.3 Å². The first-order valence-corrected chi connectivity index (χ1v) is 11.1. The van der Waals surface area contributed by atoms with Crippen LogP contribution in [0.15, 0.2) is 54.6 Å². The summed E-state index contributed by atoms with van der Waals surface area (Å²) in [6.07, 6.45) is 0. The molecule has 9 heteroatoms. The molecule has 3 N–H and O–H groups in total. The number of methoxy groups -OCH3 is 1. The quantitative estimate of drug-likeness (QED) is 0.404. The van der Waals surface area contributed by atoms with Crippen LogP contribution in [0.5, 0.6) is 0 Å². The number of carbonyl (C=O) groups is 1. The minimum atomic E-state index is -0.200. The van der Waals surface area contributed by atoms with Crippen LogP contribution in [0.25, 0.3) is 22.6 Å². The molecule has 0 spiro atoms. The molecule has 5 rings (SSSR count). The monoisotopic (exact) mass is 445 g/mol. The van der Waals surface area contributed by atoms with Gasteiger partial charge in [0.1, 0.15) is 5.69 Å². The summed E-state index contributed by atoms with van der Waals surface area (Å²) in [6, 6.07) is 17.3. The lowest BCUT2D eigenvalue weighted by Crippen LogP contribution is -2.47. The van der Waals surface area contributed by atoms with Crippen molar-refractivity contribution in [3.63, 3.8) is 0 Å². The number of amides is 1. The van der Waals surface area contributed by atoms with Gasteiger partial charge in [-0.2, -0.15) is 5.10 Å². The Labute approximate surface area is 191 Å². The van der Waals surface area contributed by atoms with E-state index < -0.39 is 0 Å². The number of benzene rings is 2. The standard InChI is InChI=1S/C24H27N7O2/c1-33-15-14-30-10-12-31(13-11-30)18-8-6-17(7-9-18)24(32)27-22-16-21(28-29-22)23-25-19-4-2-3-5-20(19)26-23/h2-9,16H,10-15H2,1H3,(H,25,26)(H2,27,28,29,32). The van der Waals surface area contributed by atoms with E-state index in [1.165, 1.54) is 0 Å². The third kappa shape index (κ3) is 4.74. The average Bonchev–Trinajstić information content (AvgIpc) is 3.50. The number of para-hydroxylation sites is 2. The van der Waals surface area contributed by atoms with Gasteiger partial charge in [0.15, 0.2) is 11.6 Å². The Bertz CT molecular complexity index is 1190. The summed E-state index contributed by atoms with van der Waals surface area (Å²) < 4.78 is 5.17. The first-order chi connectivity index (χ1) is 16.2. The minimum Gasteiger partial charge on any atom is -0.383 e. The second kappa shape index (κ2) is 9.43. The molecule has 0 atom stereocenters. The molecule has 1 fully saturated rings. The van der Waals surface area contributed by atoms with Crippen LogP contribution in [0.3, 0.4) is 0 Å². The Morgan fingerprint density at radius 1 is 1.09 bits per heavy atom. The molecular formula is C24H27N7O2. The number of nitrogens with one attached hydrogen (secondary N) is 3. The zero-order valence-corrected chi connectivity index (χ0v) is 18.5. The number of carbonyl (C=O) groups excluding carboxylic acids is 1. The number of aromatic amines is 2. The lowest BCUT2D eigenvalue weighted by Gasteiger charge is -2.36. The molecular weight excluding hydrogens is 418 g/mol. The molecule has 1 aliphatic rings. The molecule has 0 saturated carbocycles. The van der Waals surface area contributed by atoms with E-state index in [-0.39, 0.29) is 5.91 Å². The summed E-state index contributed by atoms with van der Waals surface area (Å²) >= 11 is 0. The summed E-state index contributed by atoms with van der Waals surface area (Å²) in [6.45, 7) is 5.69. The summed E-state index contributed by atoms with van der Waals surface area (Å²) in [5.41, 5.74) is 4.26. The third-order valence-corrected chi connectivity index (χ3v) is 5.94. The van der Waals surface area contributed by atoms with Gasteiger partial charge in [0, 0.05) is 57.2 Å². The van der Waals surface area contributed by atoms with Crippen molar-refractivity contribution in [2.75, 3.05) is 56.7 Å². The highest BCUT2D eigenvalue weighted by molar-refractivity contribution is 6.04. The van der Waals surface area contributed by atoms with E-state index in [0.29, 0.717) is 22.9 Å². The fourth-order valence-corrected chi connectivity index (χ4v) is 4.05. The van der Waals surface area contributed by atoms with Crippen molar-refractivity contribution in [2.45, 2.75) is 0 Å². The van der Waals surface area contributed by atoms with Crippen LogP contribution in [0, 0.1) is 0 Å². The first-order valence-electron chi connectivity index (χ1n) is 11.1. The van der Waals surface area contributed by atoms with E-state index in [1.807, 2.05) is 48.5 Å². The molecule has 2 aromatic carbocycles.